The molecule has 0 fully saturated rings. The van der Waals surface area contributed by atoms with Crippen molar-refractivity contribution < 1.29 is 9.13 Å². The summed E-state index contributed by atoms with van der Waals surface area (Å²) in [4.78, 5) is 4.11. The number of ether oxygens (including phenoxy) is 1. The highest BCUT2D eigenvalue weighted by molar-refractivity contribution is 5.36. The Balaban J connectivity index is 2.33. The van der Waals surface area contributed by atoms with Crippen LogP contribution in [0, 0.1) is 12.7 Å². The summed E-state index contributed by atoms with van der Waals surface area (Å²) in [5.74, 6) is 0.500. The van der Waals surface area contributed by atoms with Crippen LogP contribution in [0.1, 0.15) is 11.1 Å². The molecule has 0 aliphatic rings. The molecule has 0 bridgehead atoms. The molecule has 0 amide bonds. The molecule has 2 rings (SSSR count). The van der Waals surface area contributed by atoms with Crippen LogP contribution in [-0.4, -0.2) is 4.98 Å². The Morgan fingerprint density at radius 2 is 2.18 bits per heavy atom. The van der Waals surface area contributed by atoms with Crippen molar-refractivity contribution in [2.24, 2.45) is 5.73 Å². The van der Waals surface area contributed by atoms with Crippen LogP contribution >= 0.6 is 0 Å². The maximum absolute atomic E-state index is 13.0. The summed E-state index contributed by atoms with van der Waals surface area (Å²) < 4.78 is 18.5. The Morgan fingerprint density at radius 3 is 2.88 bits per heavy atom. The third-order valence-electron chi connectivity index (χ3n) is 2.47. The minimum atomic E-state index is -0.343. The van der Waals surface area contributed by atoms with Crippen molar-refractivity contribution in [2.75, 3.05) is 0 Å². The molecule has 17 heavy (non-hydrogen) atoms. The van der Waals surface area contributed by atoms with Crippen LogP contribution in [-0.2, 0) is 6.54 Å². The lowest BCUT2D eigenvalue weighted by molar-refractivity contribution is 0.451. The molecule has 0 aliphatic heterocycles. The largest absolute Gasteiger partial charge is 0.439 e. The first-order valence-electron chi connectivity index (χ1n) is 5.28. The molecule has 0 radical (unpaired) electrons. The number of aromatic nitrogens is 1. The highest BCUT2D eigenvalue weighted by Gasteiger charge is 2.08. The molecule has 3 nitrogen and oxygen atoms in total. The molecule has 0 spiro atoms. The first kappa shape index (κ1) is 11.5. The van der Waals surface area contributed by atoms with Gasteiger partial charge in [-0.1, -0.05) is 6.07 Å². The predicted octanol–water partition coefficient (Wildman–Crippen LogP) is 2.78. The highest BCUT2D eigenvalue weighted by Crippen LogP contribution is 2.25. The Labute approximate surface area is 99.1 Å². The fourth-order valence-electron chi connectivity index (χ4n) is 1.54. The van der Waals surface area contributed by atoms with E-state index in [0.29, 0.717) is 18.2 Å². The second-order valence-corrected chi connectivity index (χ2v) is 3.68. The van der Waals surface area contributed by atoms with E-state index < -0.39 is 0 Å². The van der Waals surface area contributed by atoms with Crippen LogP contribution < -0.4 is 10.5 Å². The molecule has 0 saturated heterocycles. The van der Waals surface area contributed by atoms with Crippen molar-refractivity contribution in [1.29, 1.82) is 0 Å². The minimum absolute atomic E-state index is 0.338. The van der Waals surface area contributed by atoms with Crippen molar-refractivity contribution in [3.63, 3.8) is 0 Å². The van der Waals surface area contributed by atoms with E-state index in [1.807, 2.05) is 13.0 Å². The maximum atomic E-state index is 13.0. The minimum Gasteiger partial charge on any atom is -0.439 e. The molecule has 0 aliphatic carbocycles. The van der Waals surface area contributed by atoms with Gasteiger partial charge in [0.2, 0.25) is 5.88 Å². The van der Waals surface area contributed by atoms with Crippen molar-refractivity contribution >= 4 is 0 Å². The van der Waals surface area contributed by atoms with Crippen LogP contribution in [0.5, 0.6) is 11.6 Å². The number of halogens is 1. The van der Waals surface area contributed by atoms with Crippen molar-refractivity contribution in [3.05, 3.63) is 53.5 Å². The second kappa shape index (κ2) is 4.93. The van der Waals surface area contributed by atoms with Gasteiger partial charge in [0.15, 0.2) is 0 Å². The Kier molecular flexibility index (Phi) is 3.35. The smallest absolute Gasteiger partial charge is 0.223 e. The maximum Gasteiger partial charge on any atom is 0.223 e. The SMILES string of the molecule is Cc1ccnc(Oc2cccc(F)c2)c1CN. The van der Waals surface area contributed by atoms with Gasteiger partial charge in [-0.2, -0.15) is 0 Å². The number of aryl methyl sites for hydroxylation is 1. The summed E-state index contributed by atoms with van der Waals surface area (Å²) in [6.45, 7) is 2.27. The number of hydrogen-bond acceptors (Lipinski definition) is 3. The normalized spacial score (nSPS) is 10.3. The molecular weight excluding hydrogens is 219 g/mol. The van der Waals surface area contributed by atoms with Gasteiger partial charge in [0.1, 0.15) is 11.6 Å². The standard InChI is InChI=1S/C13H13FN2O/c1-9-5-6-16-13(12(9)8-15)17-11-4-2-3-10(14)7-11/h2-7H,8,15H2,1H3. The molecular formula is C13H13FN2O. The zero-order chi connectivity index (χ0) is 12.3. The van der Waals surface area contributed by atoms with Crippen molar-refractivity contribution in [2.45, 2.75) is 13.5 Å². The third kappa shape index (κ3) is 2.60. The van der Waals surface area contributed by atoms with E-state index in [1.54, 1.807) is 18.3 Å². The quantitative estimate of drug-likeness (QED) is 0.885. The number of rotatable bonds is 3. The molecule has 0 atom stereocenters. The molecule has 1 heterocycles. The van der Waals surface area contributed by atoms with E-state index in [9.17, 15) is 4.39 Å². The van der Waals surface area contributed by atoms with Gasteiger partial charge in [-0.3, -0.25) is 0 Å². The molecule has 1 aromatic carbocycles. The van der Waals surface area contributed by atoms with E-state index in [2.05, 4.69) is 4.98 Å². The number of hydrogen-bond donors (Lipinski definition) is 1. The zero-order valence-electron chi connectivity index (χ0n) is 9.48. The van der Waals surface area contributed by atoms with E-state index in [0.717, 1.165) is 11.1 Å². The van der Waals surface area contributed by atoms with Gasteiger partial charge >= 0.3 is 0 Å². The van der Waals surface area contributed by atoms with Gasteiger partial charge in [0, 0.05) is 24.4 Å². The third-order valence-corrected chi connectivity index (χ3v) is 2.47. The summed E-state index contributed by atoms with van der Waals surface area (Å²) in [5.41, 5.74) is 7.48. The van der Waals surface area contributed by atoms with Gasteiger partial charge in [0.25, 0.3) is 0 Å². The van der Waals surface area contributed by atoms with Crippen LogP contribution in [0.3, 0.4) is 0 Å². The molecule has 1 aromatic heterocycles. The summed E-state index contributed by atoms with van der Waals surface area (Å²) in [6, 6.07) is 7.79. The molecule has 0 unspecified atom stereocenters. The highest BCUT2D eigenvalue weighted by atomic mass is 19.1. The van der Waals surface area contributed by atoms with Gasteiger partial charge < -0.3 is 10.5 Å². The summed E-state index contributed by atoms with van der Waals surface area (Å²) in [6.07, 6.45) is 1.64. The average Bonchev–Trinajstić information content (AvgIpc) is 2.29. The van der Waals surface area contributed by atoms with Crippen molar-refractivity contribution in [3.8, 4) is 11.6 Å². The van der Waals surface area contributed by atoms with Gasteiger partial charge in [0.05, 0.1) is 0 Å². The second-order valence-electron chi connectivity index (χ2n) is 3.68. The van der Waals surface area contributed by atoms with Crippen LogP contribution in [0.25, 0.3) is 0 Å². The lowest BCUT2D eigenvalue weighted by Crippen LogP contribution is -2.03. The Morgan fingerprint density at radius 1 is 1.35 bits per heavy atom. The first-order chi connectivity index (χ1) is 8.20. The van der Waals surface area contributed by atoms with Gasteiger partial charge in [-0.15, -0.1) is 0 Å². The summed E-state index contributed by atoms with van der Waals surface area (Å²) >= 11 is 0. The van der Waals surface area contributed by atoms with Crippen molar-refractivity contribution in [1.82, 2.24) is 4.98 Å². The summed E-state index contributed by atoms with van der Waals surface area (Å²) in [5, 5.41) is 0. The molecule has 88 valence electrons. The Bertz CT molecular complexity index is 529. The molecule has 2 N–H and O–H groups in total. The topological polar surface area (TPSA) is 48.1 Å². The number of nitrogens with zero attached hydrogens (tertiary/aromatic N) is 1. The predicted molar refractivity (Wildman–Crippen MR) is 63.3 cm³/mol. The Hall–Kier alpha value is -1.94. The lowest BCUT2D eigenvalue weighted by Gasteiger charge is -2.10. The number of benzene rings is 1. The monoisotopic (exact) mass is 232 g/mol. The average molecular weight is 232 g/mol. The van der Waals surface area contributed by atoms with E-state index in [1.165, 1.54) is 12.1 Å². The lowest BCUT2D eigenvalue weighted by atomic mass is 10.1. The summed E-state index contributed by atoms with van der Waals surface area (Å²) in [7, 11) is 0. The molecule has 0 saturated carbocycles. The van der Waals surface area contributed by atoms with E-state index in [4.69, 9.17) is 10.5 Å². The number of nitrogens with two attached hydrogens (primary N) is 1. The fraction of sp³-hybridized carbons (Fsp3) is 0.154. The molecule has 2 aromatic rings. The van der Waals surface area contributed by atoms with E-state index >= 15 is 0 Å². The van der Waals surface area contributed by atoms with Crippen LogP contribution in [0.2, 0.25) is 0 Å². The van der Waals surface area contributed by atoms with Crippen LogP contribution in [0.15, 0.2) is 36.5 Å². The fourth-order valence-corrected chi connectivity index (χ4v) is 1.54. The number of pyridine rings is 1. The van der Waals surface area contributed by atoms with Gasteiger partial charge in [-0.05, 0) is 30.7 Å². The molecule has 4 heteroatoms. The van der Waals surface area contributed by atoms with Gasteiger partial charge in [-0.25, -0.2) is 9.37 Å². The van der Waals surface area contributed by atoms with Crippen LogP contribution in [0.4, 0.5) is 4.39 Å². The first-order valence-corrected chi connectivity index (χ1v) is 5.28. The zero-order valence-corrected chi connectivity index (χ0v) is 9.48. The van der Waals surface area contributed by atoms with E-state index in [-0.39, 0.29) is 5.82 Å².